The Bertz CT molecular complexity index is 967. The van der Waals surface area contributed by atoms with E-state index in [0.717, 1.165) is 5.56 Å². The first-order valence-electron chi connectivity index (χ1n) is 8.41. The summed E-state index contributed by atoms with van der Waals surface area (Å²) < 4.78 is 6.06. The highest BCUT2D eigenvalue weighted by atomic mass is 32.2. The summed E-state index contributed by atoms with van der Waals surface area (Å²) in [6.07, 6.45) is 3.35. The molecule has 2 aromatic carbocycles. The molecule has 3 rings (SSSR count). The lowest BCUT2D eigenvalue weighted by Gasteiger charge is -2.14. The van der Waals surface area contributed by atoms with E-state index in [1.165, 1.54) is 16.7 Å². The van der Waals surface area contributed by atoms with Gasteiger partial charge in [-0.25, -0.2) is 0 Å². The van der Waals surface area contributed by atoms with Crippen LogP contribution in [0.15, 0.2) is 66.1 Å². The second kappa shape index (κ2) is 8.86. The normalized spacial score (nSPS) is 15.1. The molecular weight excluding hydrogens is 394 g/mol. The van der Waals surface area contributed by atoms with Crippen molar-refractivity contribution >= 4 is 51.9 Å². The van der Waals surface area contributed by atoms with Gasteiger partial charge in [-0.05, 0) is 29.8 Å². The lowest BCUT2D eigenvalue weighted by molar-refractivity contribution is -0.136. The molecule has 5 nitrogen and oxygen atoms in total. The number of hydrogen-bond donors (Lipinski definition) is 1. The van der Waals surface area contributed by atoms with Crippen LogP contribution in [-0.4, -0.2) is 27.9 Å². The molecule has 0 spiro atoms. The molecule has 28 heavy (non-hydrogen) atoms. The van der Waals surface area contributed by atoms with Crippen LogP contribution in [0.5, 0.6) is 5.75 Å². The van der Waals surface area contributed by atoms with E-state index in [-0.39, 0.29) is 12.3 Å². The highest BCUT2D eigenvalue weighted by Crippen LogP contribution is 2.37. The fourth-order valence-electron chi connectivity index (χ4n) is 2.65. The first kappa shape index (κ1) is 19.9. The van der Waals surface area contributed by atoms with E-state index in [4.69, 9.17) is 22.1 Å². The van der Waals surface area contributed by atoms with Gasteiger partial charge in [-0.3, -0.25) is 14.5 Å². The monoisotopic (exact) mass is 411 g/mol. The first-order chi connectivity index (χ1) is 13.5. The van der Waals surface area contributed by atoms with E-state index in [0.29, 0.717) is 32.8 Å². The quantitative estimate of drug-likeness (QED) is 0.417. The van der Waals surface area contributed by atoms with Gasteiger partial charge in [0, 0.05) is 5.56 Å². The number of anilines is 1. The molecule has 0 saturated carbocycles. The van der Waals surface area contributed by atoms with Gasteiger partial charge in [-0.1, -0.05) is 67.0 Å². The number of carboxylic acids is 1. The van der Waals surface area contributed by atoms with Crippen LogP contribution < -0.4 is 9.64 Å². The highest BCUT2D eigenvalue weighted by molar-refractivity contribution is 8.27. The molecule has 1 aliphatic rings. The first-order valence-corrected chi connectivity index (χ1v) is 9.63. The topological polar surface area (TPSA) is 66.8 Å². The Labute approximate surface area is 172 Å². The van der Waals surface area contributed by atoms with Gasteiger partial charge in [-0.2, -0.15) is 0 Å². The van der Waals surface area contributed by atoms with Crippen molar-refractivity contribution in [1.29, 1.82) is 0 Å². The highest BCUT2D eigenvalue weighted by Gasteiger charge is 2.33. The molecule has 0 unspecified atom stereocenters. The van der Waals surface area contributed by atoms with Crippen molar-refractivity contribution in [2.75, 3.05) is 11.5 Å². The maximum absolute atomic E-state index is 12.9. The number of aliphatic carboxylic acids is 1. The number of thiocarbonyl (C=S) groups is 1. The zero-order valence-electron chi connectivity index (χ0n) is 14.8. The van der Waals surface area contributed by atoms with Crippen molar-refractivity contribution in [2.45, 2.75) is 6.42 Å². The zero-order valence-corrected chi connectivity index (χ0v) is 16.5. The summed E-state index contributed by atoms with van der Waals surface area (Å²) in [6, 6.07) is 14.2. The van der Waals surface area contributed by atoms with Crippen LogP contribution >= 0.6 is 24.0 Å². The van der Waals surface area contributed by atoms with Gasteiger partial charge in [0.15, 0.2) is 4.32 Å². The Morgan fingerprint density at radius 2 is 1.93 bits per heavy atom. The summed E-state index contributed by atoms with van der Waals surface area (Å²) in [6.45, 7) is 4.01. The SMILES string of the molecule is C=CCOc1ccccc1/C=C1\SC(=S)N(c2ccc(CC(=O)O)cc2)C1=O. The molecular formula is C21H17NO4S2. The molecule has 0 radical (unpaired) electrons. The second-order valence-corrected chi connectivity index (χ2v) is 7.57. The van der Waals surface area contributed by atoms with Crippen LogP contribution in [-0.2, 0) is 16.0 Å². The molecule has 0 atom stereocenters. The summed E-state index contributed by atoms with van der Waals surface area (Å²) in [4.78, 5) is 25.7. The van der Waals surface area contributed by atoms with Crippen LogP contribution in [0.4, 0.5) is 5.69 Å². The minimum Gasteiger partial charge on any atom is -0.489 e. The van der Waals surface area contributed by atoms with Crippen LogP contribution in [0.1, 0.15) is 11.1 Å². The number of carboxylic acid groups (broad SMARTS) is 1. The molecule has 0 aromatic heterocycles. The second-order valence-electron chi connectivity index (χ2n) is 5.89. The van der Waals surface area contributed by atoms with E-state index >= 15 is 0 Å². The Kier molecular flexibility index (Phi) is 6.28. The largest absolute Gasteiger partial charge is 0.489 e. The third-order valence-electron chi connectivity index (χ3n) is 3.91. The molecule has 0 aliphatic carbocycles. The molecule has 1 amide bonds. The lowest BCUT2D eigenvalue weighted by Crippen LogP contribution is -2.27. The third-order valence-corrected chi connectivity index (χ3v) is 5.21. The number of ether oxygens (including phenoxy) is 1. The van der Waals surface area contributed by atoms with E-state index in [1.54, 1.807) is 36.4 Å². The number of carbonyl (C=O) groups excluding carboxylic acids is 1. The van der Waals surface area contributed by atoms with Crippen molar-refractivity contribution in [1.82, 2.24) is 0 Å². The van der Waals surface area contributed by atoms with Gasteiger partial charge < -0.3 is 9.84 Å². The van der Waals surface area contributed by atoms with E-state index < -0.39 is 5.97 Å². The van der Waals surface area contributed by atoms with Crippen LogP contribution in [0.3, 0.4) is 0 Å². The van der Waals surface area contributed by atoms with Crippen molar-refractivity contribution < 1.29 is 19.4 Å². The Hall–Kier alpha value is -2.90. The predicted molar refractivity (Wildman–Crippen MR) is 116 cm³/mol. The van der Waals surface area contributed by atoms with Gasteiger partial charge in [0.05, 0.1) is 17.0 Å². The molecule has 7 heteroatoms. The summed E-state index contributed by atoms with van der Waals surface area (Å²) >= 11 is 6.61. The number of carbonyl (C=O) groups is 2. The van der Waals surface area contributed by atoms with Crippen LogP contribution in [0, 0.1) is 0 Å². The Balaban J connectivity index is 1.85. The molecule has 1 heterocycles. The molecule has 0 bridgehead atoms. The molecule has 1 saturated heterocycles. The summed E-state index contributed by atoms with van der Waals surface area (Å²) in [5.74, 6) is -0.469. The summed E-state index contributed by atoms with van der Waals surface area (Å²) in [7, 11) is 0. The predicted octanol–water partition coefficient (Wildman–Crippen LogP) is 4.28. The Morgan fingerprint density at radius 1 is 1.21 bits per heavy atom. The van der Waals surface area contributed by atoms with E-state index in [1.807, 2.05) is 24.3 Å². The Morgan fingerprint density at radius 3 is 2.61 bits per heavy atom. The number of rotatable bonds is 7. The number of benzene rings is 2. The molecule has 142 valence electrons. The number of para-hydroxylation sites is 1. The molecule has 1 fully saturated rings. The number of amides is 1. The van der Waals surface area contributed by atoms with E-state index in [2.05, 4.69) is 6.58 Å². The fraction of sp³-hybridized carbons (Fsp3) is 0.0952. The summed E-state index contributed by atoms with van der Waals surface area (Å²) in [5.41, 5.74) is 2.04. The smallest absolute Gasteiger partial charge is 0.307 e. The maximum Gasteiger partial charge on any atom is 0.307 e. The zero-order chi connectivity index (χ0) is 20.1. The fourth-order valence-corrected chi connectivity index (χ4v) is 3.94. The number of hydrogen-bond acceptors (Lipinski definition) is 5. The van der Waals surface area contributed by atoms with Crippen molar-refractivity contribution in [2.24, 2.45) is 0 Å². The molecule has 2 aromatic rings. The maximum atomic E-state index is 12.9. The third kappa shape index (κ3) is 4.49. The standard InChI is InChI=1S/C21H17NO4S2/c1-2-11-26-17-6-4-3-5-15(17)13-18-20(25)22(21(27)28-18)16-9-7-14(8-10-16)12-19(23)24/h2-10,13H,1,11-12H2,(H,23,24)/b18-13-. The average molecular weight is 412 g/mol. The van der Waals surface area contributed by atoms with E-state index in [9.17, 15) is 9.59 Å². The molecule has 1 N–H and O–H groups in total. The minimum absolute atomic E-state index is 0.0694. The van der Waals surface area contributed by atoms with Gasteiger partial charge in [0.2, 0.25) is 0 Å². The van der Waals surface area contributed by atoms with Crippen molar-refractivity contribution in [3.63, 3.8) is 0 Å². The van der Waals surface area contributed by atoms with Crippen LogP contribution in [0.25, 0.3) is 6.08 Å². The average Bonchev–Trinajstić information content (AvgIpc) is 2.95. The van der Waals surface area contributed by atoms with Crippen molar-refractivity contribution in [3.05, 3.63) is 77.2 Å². The summed E-state index contributed by atoms with van der Waals surface area (Å²) in [5, 5.41) is 8.87. The minimum atomic E-state index is -0.904. The molecule has 1 aliphatic heterocycles. The van der Waals surface area contributed by atoms with Gasteiger partial charge in [0.25, 0.3) is 5.91 Å². The lowest BCUT2D eigenvalue weighted by atomic mass is 10.1. The van der Waals surface area contributed by atoms with Gasteiger partial charge in [-0.15, -0.1) is 0 Å². The number of thioether (sulfide) groups is 1. The van der Waals surface area contributed by atoms with Crippen molar-refractivity contribution in [3.8, 4) is 5.75 Å². The van der Waals surface area contributed by atoms with Crippen LogP contribution in [0.2, 0.25) is 0 Å². The van der Waals surface area contributed by atoms with Gasteiger partial charge in [0.1, 0.15) is 12.4 Å². The van der Waals surface area contributed by atoms with Gasteiger partial charge >= 0.3 is 5.97 Å². The number of nitrogens with zero attached hydrogens (tertiary/aromatic N) is 1.